The van der Waals surface area contributed by atoms with Crippen molar-refractivity contribution in [1.29, 1.82) is 0 Å². The summed E-state index contributed by atoms with van der Waals surface area (Å²) in [6, 6.07) is 22.4. The topological polar surface area (TPSA) is 101 Å². The maximum atomic E-state index is 12.9. The molecular formula is C31H35N5O4. The zero-order valence-corrected chi connectivity index (χ0v) is 23.1. The first-order chi connectivity index (χ1) is 19.3. The molecule has 9 nitrogen and oxygen atoms in total. The third-order valence-corrected chi connectivity index (χ3v) is 7.56. The van der Waals surface area contributed by atoms with Crippen molar-refractivity contribution in [2.45, 2.75) is 6.04 Å². The van der Waals surface area contributed by atoms with Gasteiger partial charge in [0.2, 0.25) is 5.91 Å². The Morgan fingerprint density at radius 2 is 1.73 bits per heavy atom. The fraction of sp³-hybridized carbons (Fsp3) is 0.290. The number of hydrogen-bond acceptors (Lipinski definition) is 7. The van der Waals surface area contributed by atoms with Crippen LogP contribution in [0.2, 0.25) is 0 Å². The van der Waals surface area contributed by atoms with Crippen molar-refractivity contribution in [3.8, 4) is 5.88 Å². The van der Waals surface area contributed by atoms with Crippen molar-refractivity contribution in [2.24, 2.45) is 0 Å². The predicted octanol–water partition coefficient (Wildman–Crippen LogP) is 4.07. The first-order valence-electron chi connectivity index (χ1n) is 13.4. The van der Waals surface area contributed by atoms with Gasteiger partial charge >= 0.3 is 5.97 Å². The molecule has 3 N–H and O–H groups in total. The summed E-state index contributed by atoms with van der Waals surface area (Å²) in [4.78, 5) is 34.1. The summed E-state index contributed by atoms with van der Waals surface area (Å²) in [7, 11) is 5.25. The highest BCUT2D eigenvalue weighted by Crippen LogP contribution is 2.38. The zero-order chi connectivity index (χ0) is 28.2. The van der Waals surface area contributed by atoms with E-state index < -0.39 is 5.97 Å². The molecule has 1 fully saturated rings. The molecule has 0 spiro atoms. The molecule has 1 aromatic heterocycles. The molecular weight excluding hydrogens is 506 g/mol. The predicted molar refractivity (Wildman–Crippen MR) is 157 cm³/mol. The number of esters is 1. The molecule has 5 rings (SSSR count). The minimum atomic E-state index is -0.442. The number of amides is 1. The number of fused-ring (bicyclic) bond motifs is 1. The molecule has 1 aliphatic rings. The van der Waals surface area contributed by atoms with Crippen molar-refractivity contribution >= 4 is 34.2 Å². The second kappa shape index (κ2) is 11.8. The van der Waals surface area contributed by atoms with E-state index in [2.05, 4.69) is 27.1 Å². The first kappa shape index (κ1) is 27.2. The van der Waals surface area contributed by atoms with Crippen LogP contribution in [0.25, 0.3) is 10.9 Å². The van der Waals surface area contributed by atoms with Gasteiger partial charge in [-0.3, -0.25) is 9.69 Å². The van der Waals surface area contributed by atoms with Crippen LogP contribution in [-0.4, -0.2) is 85.7 Å². The lowest BCUT2D eigenvalue weighted by Gasteiger charge is -2.32. The van der Waals surface area contributed by atoms with E-state index in [1.54, 1.807) is 24.1 Å². The van der Waals surface area contributed by atoms with Crippen LogP contribution in [0.3, 0.4) is 0 Å². The van der Waals surface area contributed by atoms with E-state index in [0.29, 0.717) is 23.2 Å². The number of methoxy groups -OCH3 is 1. The molecule has 208 valence electrons. The largest absolute Gasteiger partial charge is 0.494 e. The molecule has 1 amide bonds. The molecule has 40 heavy (non-hydrogen) atoms. The Morgan fingerprint density at radius 1 is 1.02 bits per heavy atom. The van der Waals surface area contributed by atoms with Crippen molar-refractivity contribution in [3.05, 3.63) is 89.5 Å². The van der Waals surface area contributed by atoms with Crippen molar-refractivity contribution in [3.63, 3.8) is 0 Å². The fourth-order valence-electron chi connectivity index (χ4n) is 5.10. The second-order valence-corrected chi connectivity index (χ2v) is 10.2. The van der Waals surface area contributed by atoms with Crippen molar-refractivity contribution < 1.29 is 19.4 Å². The number of carbonyl (C=O) groups is 2. The fourth-order valence-corrected chi connectivity index (χ4v) is 5.10. The van der Waals surface area contributed by atoms with Crippen LogP contribution in [0.5, 0.6) is 5.88 Å². The normalized spacial score (nSPS) is 15.1. The Labute approximate surface area is 234 Å². The molecule has 0 saturated carbocycles. The molecule has 1 unspecified atom stereocenters. The molecule has 1 saturated heterocycles. The molecule has 1 aliphatic heterocycles. The van der Waals surface area contributed by atoms with Gasteiger partial charge in [0.15, 0.2) is 5.88 Å². The van der Waals surface area contributed by atoms with Gasteiger partial charge in [-0.25, -0.2) is 4.79 Å². The summed E-state index contributed by atoms with van der Waals surface area (Å²) >= 11 is 0. The number of aromatic hydroxyl groups is 1. The maximum absolute atomic E-state index is 12.9. The summed E-state index contributed by atoms with van der Waals surface area (Å²) in [5, 5.41) is 15.3. The minimum Gasteiger partial charge on any atom is -0.494 e. The number of ether oxygens (including phenoxy) is 1. The smallest absolute Gasteiger partial charge is 0.337 e. The lowest BCUT2D eigenvalue weighted by molar-refractivity contribution is -0.119. The SMILES string of the molecule is COC(=O)c1ccc2c(C(Nc3ccc(N(C)C(=O)CN4CCN(C)CC4)cc3)c3ccccc3)c(O)[nH]c2c1. The average Bonchev–Trinajstić information content (AvgIpc) is 3.31. The Kier molecular flexibility index (Phi) is 8.04. The number of nitrogens with one attached hydrogen (secondary N) is 2. The quantitative estimate of drug-likeness (QED) is 0.289. The number of aromatic amines is 1. The third kappa shape index (κ3) is 5.80. The van der Waals surface area contributed by atoms with Crippen LogP contribution in [0.15, 0.2) is 72.8 Å². The minimum absolute atomic E-state index is 0.0178. The summed E-state index contributed by atoms with van der Waals surface area (Å²) < 4.78 is 4.84. The Morgan fingerprint density at radius 3 is 2.40 bits per heavy atom. The molecule has 3 aromatic carbocycles. The number of nitrogens with zero attached hydrogens (tertiary/aromatic N) is 3. The third-order valence-electron chi connectivity index (χ3n) is 7.56. The van der Waals surface area contributed by atoms with E-state index in [1.807, 2.05) is 60.7 Å². The van der Waals surface area contributed by atoms with Crippen molar-refractivity contribution in [2.75, 3.05) is 64.1 Å². The number of carbonyl (C=O) groups excluding carboxylic acids is 2. The van der Waals surface area contributed by atoms with Gasteiger partial charge in [-0.1, -0.05) is 36.4 Å². The number of rotatable bonds is 8. The molecule has 1 atom stereocenters. The van der Waals surface area contributed by atoms with E-state index in [4.69, 9.17) is 4.74 Å². The van der Waals surface area contributed by atoms with Gasteiger partial charge < -0.3 is 29.9 Å². The number of anilines is 2. The Balaban J connectivity index is 1.38. The molecule has 2 heterocycles. The van der Waals surface area contributed by atoms with Crippen LogP contribution in [0.1, 0.15) is 27.5 Å². The molecule has 4 aromatic rings. The second-order valence-electron chi connectivity index (χ2n) is 10.2. The van der Waals surface area contributed by atoms with Crippen LogP contribution in [-0.2, 0) is 9.53 Å². The van der Waals surface area contributed by atoms with Gasteiger partial charge in [-0.05, 0) is 49.0 Å². The Hall–Kier alpha value is -4.34. The monoisotopic (exact) mass is 541 g/mol. The summed E-state index contributed by atoms with van der Waals surface area (Å²) in [5.41, 5.74) is 4.30. The van der Waals surface area contributed by atoms with E-state index >= 15 is 0 Å². The number of benzene rings is 3. The molecule has 0 radical (unpaired) electrons. The first-order valence-corrected chi connectivity index (χ1v) is 13.4. The number of H-pyrrole nitrogens is 1. The number of likely N-dealkylation sites (N-methyl/N-ethyl adjacent to an activating group) is 2. The van der Waals surface area contributed by atoms with Gasteiger partial charge in [0.25, 0.3) is 0 Å². The lowest BCUT2D eigenvalue weighted by atomic mass is 9.96. The standard InChI is InChI=1S/C31H35N5O4/c1-34-15-17-36(18-16-34)20-27(37)35(2)24-12-10-23(11-13-24)32-29(21-7-5-4-6-8-21)28-25-14-9-22(31(39)40-3)19-26(25)33-30(28)38/h4-14,19,29,32-33,38H,15-18,20H2,1-3H3. The lowest BCUT2D eigenvalue weighted by Crippen LogP contribution is -2.48. The van der Waals surface area contributed by atoms with Gasteiger partial charge in [-0.2, -0.15) is 0 Å². The van der Waals surface area contributed by atoms with E-state index in [-0.39, 0.29) is 17.8 Å². The van der Waals surface area contributed by atoms with Gasteiger partial charge in [0.05, 0.1) is 25.3 Å². The number of hydrogen-bond donors (Lipinski definition) is 3. The molecule has 9 heteroatoms. The highest BCUT2D eigenvalue weighted by Gasteiger charge is 2.24. The molecule has 0 bridgehead atoms. The molecule has 0 aliphatic carbocycles. The summed E-state index contributed by atoms with van der Waals surface area (Å²) in [6.45, 7) is 4.13. The van der Waals surface area contributed by atoms with Crippen LogP contribution >= 0.6 is 0 Å². The van der Waals surface area contributed by atoms with Gasteiger partial charge in [0.1, 0.15) is 0 Å². The Bertz CT molecular complexity index is 1480. The summed E-state index contributed by atoms with van der Waals surface area (Å²) in [5.74, 6) is -0.367. The van der Waals surface area contributed by atoms with Crippen LogP contribution in [0.4, 0.5) is 11.4 Å². The van der Waals surface area contributed by atoms with Crippen molar-refractivity contribution in [1.82, 2.24) is 14.8 Å². The van der Waals surface area contributed by atoms with Gasteiger partial charge in [0, 0.05) is 61.1 Å². The van der Waals surface area contributed by atoms with Crippen LogP contribution in [0, 0.1) is 0 Å². The van der Waals surface area contributed by atoms with Crippen LogP contribution < -0.4 is 10.2 Å². The highest BCUT2D eigenvalue weighted by atomic mass is 16.5. The maximum Gasteiger partial charge on any atom is 0.337 e. The average molecular weight is 542 g/mol. The van der Waals surface area contributed by atoms with Gasteiger partial charge in [-0.15, -0.1) is 0 Å². The van der Waals surface area contributed by atoms with E-state index in [9.17, 15) is 14.7 Å². The summed E-state index contributed by atoms with van der Waals surface area (Å²) in [6.07, 6.45) is 0. The number of piperazine rings is 1. The highest BCUT2D eigenvalue weighted by molar-refractivity contribution is 5.97. The zero-order valence-electron chi connectivity index (χ0n) is 23.1. The number of aromatic nitrogens is 1. The van der Waals surface area contributed by atoms with E-state index in [1.165, 1.54) is 7.11 Å². The van der Waals surface area contributed by atoms with E-state index in [0.717, 1.165) is 48.5 Å².